The predicted octanol–water partition coefficient (Wildman–Crippen LogP) is 1.52. The van der Waals surface area contributed by atoms with Crippen molar-refractivity contribution in [2.24, 2.45) is 7.05 Å². The first-order valence-electron chi connectivity index (χ1n) is 9.10. The van der Waals surface area contributed by atoms with E-state index in [4.69, 9.17) is 0 Å². The quantitative estimate of drug-likeness (QED) is 0.583. The van der Waals surface area contributed by atoms with Crippen molar-refractivity contribution in [2.75, 3.05) is 24.7 Å². The number of aromatic nitrogens is 2. The highest BCUT2D eigenvalue weighted by Gasteiger charge is 2.33. The number of hydrogen-bond acceptors (Lipinski definition) is 5. The Balaban J connectivity index is 1.99. The minimum atomic E-state index is -0.197. The van der Waals surface area contributed by atoms with Gasteiger partial charge in [0.25, 0.3) is 5.91 Å². The van der Waals surface area contributed by atoms with Crippen LogP contribution in [-0.2, 0) is 22.1 Å². The number of hydrazine groups is 1. The van der Waals surface area contributed by atoms with Gasteiger partial charge in [-0.1, -0.05) is 20.8 Å². The van der Waals surface area contributed by atoms with Gasteiger partial charge in [0.05, 0.1) is 11.6 Å². The van der Waals surface area contributed by atoms with Crippen LogP contribution in [0.1, 0.15) is 56.7 Å². The summed E-state index contributed by atoms with van der Waals surface area (Å²) in [7, 11) is 1.75. The summed E-state index contributed by atoms with van der Waals surface area (Å²) in [5, 5.41) is 10.2. The number of thioether (sulfide) groups is 1. The summed E-state index contributed by atoms with van der Waals surface area (Å²) in [6, 6.07) is 1.81. The molecule has 1 aliphatic rings. The van der Waals surface area contributed by atoms with E-state index in [9.17, 15) is 14.4 Å². The van der Waals surface area contributed by atoms with Gasteiger partial charge in [0, 0.05) is 44.6 Å². The van der Waals surface area contributed by atoms with E-state index in [1.807, 2.05) is 26.8 Å². The number of carbonyl (C=O) groups excluding carboxylic acids is 3. The fraction of sp³-hybridized carbons (Fsp3) is 0.667. The lowest BCUT2D eigenvalue weighted by Crippen LogP contribution is -2.45. The van der Waals surface area contributed by atoms with Crippen molar-refractivity contribution in [1.82, 2.24) is 25.1 Å². The highest BCUT2D eigenvalue weighted by Crippen LogP contribution is 2.23. The molecule has 150 valence electrons. The monoisotopic (exact) mass is 395 g/mol. The number of amides is 3. The Labute approximate surface area is 164 Å². The lowest BCUT2D eigenvalue weighted by atomic mass is 9.92. The fourth-order valence-electron chi connectivity index (χ4n) is 2.76. The molecule has 0 radical (unpaired) electrons. The van der Waals surface area contributed by atoms with Crippen LogP contribution in [0.4, 0.5) is 0 Å². The zero-order valence-electron chi connectivity index (χ0n) is 16.7. The van der Waals surface area contributed by atoms with E-state index in [1.54, 1.807) is 16.7 Å². The molecular weight excluding hydrogens is 366 g/mol. The Morgan fingerprint density at radius 3 is 2.48 bits per heavy atom. The second-order valence-electron chi connectivity index (χ2n) is 7.62. The lowest BCUT2D eigenvalue weighted by molar-refractivity contribution is -0.140. The minimum absolute atomic E-state index is 0.0746. The average molecular weight is 396 g/mol. The van der Waals surface area contributed by atoms with E-state index >= 15 is 0 Å². The van der Waals surface area contributed by atoms with E-state index in [0.717, 1.165) is 12.1 Å². The Kier molecular flexibility index (Phi) is 6.91. The molecule has 0 spiro atoms. The number of carbonyl (C=O) groups is 3. The SMILES string of the molecule is CC(=O)NCSCCC(=O)N1CCCN1C(=O)c1cc(C(C)(C)C)nn1C. The number of hydrogen-bond donors (Lipinski definition) is 1. The largest absolute Gasteiger partial charge is 0.347 e. The minimum Gasteiger partial charge on any atom is -0.347 e. The molecular formula is C18H29N5O3S. The Morgan fingerprint density at radius 1 is 1.22 bits per heavy atom. The molecule has 2 heterocycles. The van der Waals surface area contributed by atoms with Crippen LogP contribution in [0.15, 0.2) is 6.07 Å². The number of nitrogens with one attached hydrogen (secondary N) is 1. The highest BCUT2D eigenvalue weighted by atomic mass is 32.2. The second kappa shape index (κ2) is 8.77. The molecule has 2 rings (SSSR count). The molecule has 1 aromatic rings. The number of nitrogens with zero attached hydrogens (tertiary/aromatic N) is 4. The Hall–Kier alpha value is -2.03. The second-order valence-corrected chi connectivity index (χ2v) is 8.73. The van der Waals surface area contributed by atoms with Crippen LogP contribution in [0.2, 0.25) is 0 Å². The summed E-state index contributed by atoms with van der Waals surface area (Å²) in [6.45, 7) is 8.68. The maximum atomic E-state index is 13.0. The third kappa shape index (κ3) is 5.47. The summed E-state index contributed by atoms with van der Waals surface area (Å²) < 4.78 is 1.59. The summed E-state index contributed by atoms with van der Waals surface area (Å²) in [6.07, 6.45) is 1.09. The zero-order chi connectivity index (χ0) is 20.2. The van der Waals surface area contributed by atoms with Crippen molar-refractivity contribution in [3.05, 3.63) is 17.5 Å². The van der Waals surface area contributed by atoms with E-state index in [-0.39, 0.29) is 23.1 Å². The Bertz CT molecular complexity index is 710. The van der Waals surface area contributed by atoms with E-state index in [2.05, 4.69) is 10.4 Å². The molecule has 0 aromatic carbocycles. The molecule has 1 fully saturated rings. The standard InChI is InChI=1S/C18H29N5O3S/c1-13(24)19-12-27-10-7-16(25)22-8-6-9-23(22)17(26)14-11-15(18(2,3)4)20-21(14)5/h11H,6-10,12H2,1-5H3,(H,19,24). The topological polar surface area (TPSA) is 87.5 Å². The number of rotatable bonds is 6. The molecule has 1 saturated heterocycles. The lowest BCUT2D eigenvalue weighted by Gasteiger charge is -2.27. The molecule has 1 aromatic heterocycles. The van der Waals surface area contributed by atoms with Gasteiger partial charge in [-0.3, -0.25) is 24.1 Å². The average Bonchev–Trinajstić information content (AvgIpc) is 3.19. The molecule has 0 bridgehead atoms. The summed E-state index contributed by atoms with van der Waals surface area (Å²) >= 11 is 1.49. The van der Waals surface area contributed by atoms with Crippen LogP contribution in [0.25, 0.3) is 0 Å². The molecule has 27 heavy (non-hydrogen) atoms. The maximum absolute atomic E-state index is 13.0. The van der Waals surface area contributed by atoms with Gasteiger partial charge >= 0.3 is 0 Å². The normalized spacial score (nSPS) is 14.6. The predicted molar refractivity (Wildman–Crippen MR) is 105 cm³/mol. The van der Waals surface area contributed by atoms with E-state index < -0.39 is 0 Å². The molecule has 1 N–H and O–H groups in total. The van der Waals surface area contributed by atoms with Gasteiger partial charge < -0.3 is 5.32 Å². The third-order valence-corrected chi connectivity index (χ3v) is 5.15. The van der Waals surface area contributed by atoms with Crippen molar-refractivity contribution in [3.63, 3.8) is 0 Å². The van der Waals surface area contributed by atoms with Gasteiger partial charge in [-0.05, 0) is 12.5 Å². The van der Waals surface area contributed by atoms with Crippen LogP contribution in [0.5, 0.6) is 0 Å². The zero-order valence-corrected chi connectivity index (χ0v) is 17.6. The number of aryl methyl sites for hydroxylation is 1. The first kappa shape index (κ1) is 21.3. The van der Waals surface area contributed by atoms with Crippen molar-refractivity contribution < 1.29 is 14.4 Å². The smallest absolute Gasteiger partial charge is 0.290 e. The molecule has 1 aliphatic heterocycles. The van der Waals surface area contributed by atoms with Gasteiger partial charge in [-0.15, -0.1) is 11.8 Å². The molecule has 0 aliphatic carbocycles. The molecule has 3 amide bonds. The maximum Gasteiger partial charge on any atom is 0.290 e. The van der Waals surface area contributed by atoms with Crippen molar-refractivity contribution in [3.8, 4) is 0 Å². The van der Waals surface area contributed by atoms with Crippen LogP contribution in [0.3, 0.4) is 0 Å². The van der Waals surface area contributed by atoms with Crippen LogP contribution in [0, 0.1) is 0 Å². The van der Waals surface area contributed by atoms with Crippen molar-refractivity contribution in [2.45, 2.75) is 46.0 Å². The molecule has 9 heteroatoms. The fourth-order valence-corrected chi connectivity index (χ4v) is 3.53. The summed E-state index contributed by atoms with van der Waals surface area (Å²) in [5.74, 6) is 0.718. The van der Waals surface area contributed by atoms with Crippen LogP contribution >= 0.6 is 11.8 Å². The van der Waals surface area contributed by atoms with Gasteiger partial charge in [-0.25, -0.2) is 5.01 Å². The van der Waals surface area contributed by atoms with Gasteiger partial charge in [0.2, 0.25) is 11.8 Å². The van der Waals surface area contributed by atoms with E-state index in [1.165, 1.54) is 23.7 Å². The highest BCUT2D eigenvalue weighted by molar-refractivity contribution is 7.99. The molecule has 0 saturated carbocycles. The van der Waals surface area contributed by atoms with Crippen LogP contribution in [-0.4, -0.2) is 62.2 Å². The Morgan fingerprint density at radius 2 is 1.89 bits per heavy atom. The van der Waals surface area contributed by atoms with E-state index in [0.29, 0.717) is 36.8 Å². The summed E-state index contributed by atoms with van der Waals surface area (Å²) in [4.78, 5) is 36.4. The van der Waals surface area contributed by atoms with Crippen molar-refractivity contribution >= 4 is 29.5 Å². The van der Waals surface area contributed by atoms with Gasteiger partial charge in [-0.2, -0.15) is 5.10 Å². The third-order valence-electron chi connectivity index (χ3n) is 4.30. The first-order valence-corrected chi connectivity index (χ1v) is 10.3. The molecule has 0 atom stereocenters. The van der Waals surface area contributed by atoms with Crippen LogP contribution < -0.4 is 5.32 Å². The first-order chi connectivity index (χ1) is 12.6. The molecule has 0 unspecified atom stereocenters. The van der Waals surface area contributed by atoms with Gasteiger partial charge in [0.15, 0.2) is 0 Å². The van der Waals surface area contributed by atoms with Crippen molar-refractivity contribution in [1.29, 1.82) is 0 Å². The molecule has 8 nitrogen and oxygen atoms in total. The summed E-state index contributed by atoms with van der Waals surface area (Å²) in [5.41, 5.74) is 1.18. The van der Waals surface area contributed by atoms with Gasteiger partial charge in [0.1, 0.15) is 5.69 Å².